The Bertz CT molecular complexity index is 85.8. The van der Waals surface area contributed by atoms with Crippen molar-refractivity contribution in [1.82, 2.24) is 0 Å². The summed E-state index contributed by atoms with van der Waals surface area (Å²) < 4.78 is 21.0. The molecule has 1 atom stereocenters. The maximum atomic E-state index is 9.81. The van der Waals surface area contributed by atoms with E-state index in [1.54, 1.807) is 22.5 Å². The van der Waals surface area contributed by atoms with Gasteiger partial charge in [-0.2, -0.15) is 0 Å². The molecule has 1 unspecified atom stereocenters. The van der Waals surface area contributed by atoms with Crippen molar-refractivity contribution >= 4 is 33.6 Å². The normalized spacial score (nSPS) is 12.1. The van der Waals surface area contributed by atoms with Crippen LogP contribution in [-0.4, -0.2) is 37.0 Å². The molecule has 0 fully saturated rings. The van der Waals surface area contributed by atoms with Crippen molar-refractivity contribution < 1.29 is 8.76 Å². The Hall–Kier alpha value is 0.909. The standard InChI is InChI=1S/C4H10O2S.C2H5.Sn/c1-4(2)3-7(5)6;1-2;/h4H,3H2,1-2H3,(H,5,6);1H2,2H3;/q;;+1/p-1. The molecule has 0 aromatic carbocycles. The second-order valence-corrected chi connectivity index (χ2v) is 5.18. The van der Waals surface area contributed by atoms with E-state index in [2.05, 4.69) is 6.92 Å². The van der Waals surface area contributed by atoms with Gasteiger partial charge in [0.1, 0.15) is 0 Å². The van der Waals surface area contributed by atoms with Gasteiger partial charge in [0.2, 0.25) is 0 Å². The van der Waals surface area contributed by atoms with Crippen molar-refractivity contribution in [3.8, 4) is 0 Å². The van der Waals surface area contributed by atoms with E-state index in [1.807, 2.05) is 13.8 Å². The predicted octanol–water partition coefficient (Wildman–Crippen LogP) is 1.11. The first-order chi connectivity index (χ1) is 4.54. The molecule has 0 aliphatic heterocycles. The van der Waals surface area contributed by atoms with Crippen LogP contribution in [0.15, 0.2) is 0 Å². The summed E-state index contributed by atoms with van der Waals surface area (Å²) in [7, 11) is 0. The van der Waals surface area contributed by atoms with E-state index >= 15 is 0 Å². The molecule has 0 N–H and O–H groups in total. The van der Waals surface area contributed by atoms with E-state index in [-0.39, 0.29) is 11.7 Å². The van der Waals surface area contributed by atoms with E-state index in [9.17, 15) is 8.76 Å². The minimum atomic E-state index is -1.85. The fourth-order valence-corrected chi connectivity index (χ4v) is 0.816. The Morgan fingerprint density at radius 2 is 1.90 bits per heavy atom. The van der Waals surface area contributed by atoms with Crippen molar-refractivity contribution in [2.75, 3.05) is 5.75 Å². The first-order valence-electron chi connectivity index (χ1n) is 3.25. The van der Waals surface area contributed by atoms with Crippen LogP contribution in [0.2, 0.25) is 4.44 Å². The van der Waals surface area contributed by atoms with Crippen LogP contribution in [0.3, 0.4) is 0 Å². The van der Waals surface area contributed by atoms with Crippen LogP contribution in [0.25, 0.3) is 0 Å². The van der Waals surface area contributed by atoms with Crippen LogP contribution in [0.1, 0.15) is 20.8 Å². The molecule has 0 aliphatic carbocycles. The summed E-state index contributed by atoms with van der Waals surface area (Å²) in [5.74, 6) is 0.540. The zero-order chi connectivity index (χ0) is 8.57. The Morgan fingerprint density at radius 3 is 1.90 bits per heavy atom. The van der Waals surface area contributed by atoms with Crippen molar-refractivity contribution in [3.05, 3.63) is 0 Å². The second-order valence-electron chi connectivity index (χ2n) is 2.22. The summed E-state index contributed by atoms with van der Waals surface area (Å²) in [4.78, 5) is 0. The number of hydrogen-bond acceptors (Lipinski definition) is 2. The third kappa shape index (κ3) is 23.1. The average molecular weight is 269 g/mol. The molecule has 2 radical (unpaired) electrons. The summed E-state index contributed by atoms with van der Waals surface area (Å²) in [5, 5.41) is 0. The predicted molar refractivity (Wildman–Crippen MR) is 44.9 cm³/mol. The molecule has 0 heterocycles. The third-order valence-corrected chi connectivity index (χ3v) is 1.41. The van der Waals surface area contributed by atoms with Gasteiger partial charge in [0.25, 0.3) is 0 Å². The van der Waals surface area contributed by atoms with Crippen LogP contribution in [0.4, 0.5) is 0 Å². The summed E-state index contributed by atoms with van der Waals surface area (Å²) in [6, 6.07) is 0. The molecule has 0 saturated heterocycles. The zero-order valence-corrected chi connectivity index (χ0v) is 10.4. The molecule has 4 heteroatoms. The molecule has 10 heavy (non-hydrogen) atoms. The fourth-order valence-electron chi connectivity index (χ4n) is 0.272. The van der Waals surface area contributed by atoms with Gasteiger partial charge in [-0.15, -0.1) is 0 Å². The van der Waals surface area contributed by atoms with Gasteiger partial charge >= 0.3 is 33.9 Å². The van der Waals surface area contributed by atoms with Gasteiger partial charge in [-0.25, -0.2) is 0 Å². The number of rotatable bonds is 2. The van der Waals surface area contributed by atoms with Crippen LogP contribution >= 0.6 is 0 Å². The van der Waals surface area contributed by atoms with E-state index in [1.165, 1.54) is 4.44 Å². The summed E-state index contributed by atoms with van der Waals surface area (Å²) in [5.41, 5.74) is 0. The Kier molecular flexibility index (Phi) is 13.4. The molecular formula is C6H14O2SSn. The van der Waals surface area contributed by atoms with Crippen LogP contribution in [0.5, 0.6) is 0 Å². The van der Waals surface area contributed by atoms with E-state index in [0.717, 1.165) is 0 Å². The van der Waals surface area contributed by atoms with Gasteiger partial charge in [-0.3, -0.25) is 4.21 Å². The zero-order valence-electron chi connectivity index (χ0n) is 6.72. The molecule has 2 nitrogen and oxygen atoms in total. The molecule has 0 aliphatic rings. The van der Waals surface area contributed by atoms with Gasteiger partial charge in [0.15, 0.2) is 0 Å². The van der Waals surface area contributed by atoms with Crippen molar-refractivity contribution in [2.45, 2.75) is 25.2 Å². The fraction of sp³-hybridized carbons (Fsp3) is 1.00. The van der Waals surface area contributed by atoms with Crippen LogP contribution in [-0.2, 0) is 11.1 Å². The SMILES string of the molecule is CC(C)CS(=O)[O-].C[CH2][Sn+]. The molecule has 0 rings (SSSR count). The molecule has 0 amide bonds. The third-order valence-electron chi connectivity index (χ3n) is 0.469. The monoisotopic (exact) mass is 270 g/mol. The summed E-state index contributed by atoms with van der Waals surface area (Å²) in [6.07, 6.45) is 0. The van der Waals surface area contributed by atoms with E-state index in [4.69, 9.17) is 0 Å². The molecule has 0 aromatic rings. The van der Waals surface area contributed by atoms with E-state index < -0.39 is 11.1 Å². The van der Waals surface area contributed by atoms with Crippen molar-refractivity contribution in [2.24, 2.45) is 5.92 Å². The molecule has 60 valence electrons. The topological polar surface area (TPSA) is 40.1 Å². The Balaban J connectivity index is 0. The van der Waals surface area contributed by atoms with Gasteiger partial charge in [0, 0.05) is 5.75 Å². The van der Waals surface area contributed by atoms with Gasteiger partial charge in [0.05, 0.1) is 0 Å². The van der Waals surface area contributed by atoms with Gasteiger partial charge < -0.3 is 4.55 Å². The summed E-state index contributed by atoms with van der Waals surface area (Å²) >= 11 is -0.211. The van der Waals surface area contributed by atoms with Gasteiger partial charge in [-0.05, 0) is 5.92 Å². The molecule has 0 saturated carbocycles. The Labute approximate surface area is 79.2 Å². The average Bonchev–Trinajstić information content (AvgIpc) is 1.62. The molecule has 0 spiro atoms. The summed E-state index contributed by atoms with van der Waals surface area (Å²) in [6.45, 7) is 5.91. The second kappa shape index (κ2) is 9.91. The minimum absolute atomic E-state index is 0.262. The quantitative estimate of drug-likeness (QED) is 0.556. The number of hydrogen-bond donors (Lipinski definition) is 0. The van der Waals surface area contributed by atoms with Crippen molar-refractivity contribution in [1.29, 1.82) is 0 Å². The van der Waals surface area contributed by atoms with Gasteiger partial charge in [-0.1, -0.05) is 24.9 Å². The first-order valence-corrected chi connectivity index (χ1v) is 6.51. The van der Waals surface area contributed by atoms with E-state index in [0.29, 0.717) is 0 Å². The van der Waals surface area contributed by atoms with Crippen LogP contribution < -0.4 is 0 Å². The molecular weight excluding hydrogens is 255 g/mol. The Morgan fingerprint density at radius 1 is 1.60 bits per heavy atom. The first kappa shape index (κ1) is 13.5. The van der Waals surface area contributed by atoms with Crippen molar-refractivity contribution in [3.63, 3.8) is 0 Å². The molecule has 0 aromatic heterocycles. The molecule has 0 bridgehead atoms. The van der Waals surface area contributed by atoms with Crippen LogP contribution in [0, 0.1) is 5.92 Å². The maximum absolute atomic E-state index is 9.81.